The third-order valence-corrected chi connectivity index (χ3v) is 3.84. The van der Waals surface area contributed by atoms with Crippen LogP contribution in [0.5, 0.6) is 0 Å². The van der Waals surface area contributed by atoms with Crippen LogP contribution in [-0.2, 0) is 6.42 Å². The molecule has 0 radical (unpaired) electrons. The third-order valence-electron chi connectivity index (χ3n) is 3.84. The summed E-state index contributed by atoms with van der Waals surface area (Å²) < 4.78 is 2.31. The molecule has 0 saturated carbocycles. The second-order valence-electron chi connectivity index (χ2n) is 5.43. The van der Waals surface area contributed by atoms with Crippen molar-refractivity contribution in [3.8, 4) is 5.69 Å². The van der Waals surface area contributed by atoms with Gasteiger partial charge in [0.05, 0.1) is 0 Å². The van der Waals surface area contributed by atoms with Gasteiger partial charge in [-0.05, 0) is 68.0 Å². The van der Waals surface area contributed by atoms with Gasteiger partial charge in [-0.2, -0.15) is 0 Å². The summed E-state index contributed by atoms with van der Waals surface area (Å²) >= 11 is 0. The predicted molar refractivity (Wildman–Crippen MR) is 75.1 cm³/mol. The molecule has 18 heavy (non-hydrogen) atoms. The van der Waals surface area contributed by atoms with Gasteiger partial charge in [0.1, 0.15) is 0 Å². The fourth-order valence-electron chi connectivity index (χ4n) is 3.06. The Hall–Kier alpha value is -1.54. The number of benzene rings is 1. The van der Waals surface area contributed by atoms with Crippen LogP contribution in [0, 0.1) is 13.8 Å². The van der Waals surface area contributed by atoms with Gasteiger partial charge >= 0.3 is 0 Å². The number of hydrogen-bond donors (Lipinski definition) is 1. The van der Waals surface area contributed by atoms with Crippen molar-refractivity contribution < 1.29 is 0 Å². The largest absolute Gasteiger partial charge is 0.324 e. The van der Waals surface area contributed by atoms with Crippen molar-refractivity contribution in [1.29, 1.82) is 0 Å². The molecule has 2 heteroatoms. The maximum Gasteiger partial charge on any atom is 0.0457 e. The summed E-state index contributed by atoms with van der Waals surface area (Å²) in [4.78, 5) is 0. The minimum Gasteiger partial charge on any atom is -0.324 e. The Morgan fingerprint density at radius 1 is 1.17 bits per heavy atom. The average molecular weight is 240 g/mol. The normalized spacial score (nSPS) is 18.7. The van der Waals surface area contributed by atoms with Gasteiger partial charge in [-0.25, -0.2) is 0 Å². The maximum atomic E-state index is 6.18. The van der Waals surface area contributed by atoms with E-state index in [1.807, 2.05) is 0 Å². The van der Waals surface area contributed by atoms with E-state index in [0.29, 0.717) is 0 Å². The van der Waals surface area contributed by atoms with E-state index in [0.717, 1.165) is 12.8 Å². The lowest BCUT2D eigenvalue weighted by Gasteiger charge is -2.21. The van der Waals surface area contributed by atoms with E-state index >= 15 is 0 Å². The van der Waals surface area contributed by atoms with Crippen LogP contribution in [0.3, 0.4) is 0 Å². The van der Waals surface area contributed by atoms with E-state index in [1.54, 1.807) is 0 Å². The monoisotopic (exact) mass is 240 g/mol. The smallest absolute Gasteiger partial charge is 0.0457 e. The van der Waals surface area contributed by atoms with E-state index < -0.39 is 0 Å². The molecule has 0 bridgehead atoms. The van der Waals surface area contributed by atoms with Crippen LogP contribution in [0.1, 0.15) is 41.3 Å². The molecule has 0 saturated heterocycles. The number of rotatable bonds is 1. The topological polar surface area (TPSA) is 30.9 Å². The zero-order valence-corrected chi connectivity index (χ0v) is 11.1. The molecule has 94 valence electrons. The predicted octanol–water partition coefficient (Wildman–Crippen LogP) is 3.43. The average Bonchev–Trinajstić information content (AvgIpc) is 2.73. The minimum absolute atomic E-state index is 0.223. The first-order chi connectivity index (χ1) is 8.65. The summed E-state index contributed by atoms with van der Waals surface area (Å²) in [6.07, 6.45) is 5.62. The molecule has 1 aliphatic rings. The first kappa shape index (κ1) is 11.5. The molecule has 0 aliphatic heterocycles. The highest BCUT2D eigenvalue weighted by molar-refractivity contribution is 5.44. The van der Waals surface area contributed by atoms with Gasteiger partial charge in [0.2, 0.25) is 0 Å². The molecule has 3 rings (SSSR count). The van der Waals surface area contributed by atoms with Crippen molar-refractivity contribution in [3.63, 3.8) is 0 Å². The van der Waals surface area contributed by atoms with Gasteiger partial charge in [0, 0.05) is 23.6 Å². The summed E-state index contributed by atoms with van der Waals surface area (Å²) in [5, 5.41) is 0. The molecular weight excluding hydrogens is 220 g/mol. The Bertz CT molecular complexity index is 561. The number of aromatic nitrogens is 1. The molecule has 1 atom stereocenters. The Kier molecular flexibility index (Phi) is 2.75. The molecular formula is C16H20N2. The minimum atomic E-state index is 0.223. The van der Waals surface area contributed by atoms with Crippen molar-refractivity contribution in [1.82, 2.24) is 4.57 Å². The number of aryl methyl sites for hydroxylation is 2. The van der Waals surface area contributed by atoms with Crippen LogP contribution >= 0.6 is 0 Å². The zero-order valence-electron chi connectivity index (χ0n) is 11.1. The van der Waals surface area contributed by atoms with Crippen LogP contribution in [0.15, 0.2) is 30.5 Å². The van der Waals surface area contributed by atoms with Crippen LogP contribution in [0.25, 0.3) is 5.69 Å². The van der Waals surface area contributed by atoms with Crippen LogP contribution in [0.2, 0.25) is 0 Å². The van der Waals surface area contributed by atoms with Crippen molar-refractivity contribution in [2.45, 2.75) is 39.2 Å². The molecule has 1 unspecified atom stereocenters. The van der Waals surface area contributed by atoms with Gasteiger partial charge in [-0.3, -0.25) is 0 Å². The fraction of sp³-hybridized carbons (Fsp3) is 0.375. The van der Waals surface area contributed by atoms with Gasteiger partial charge in [0.25, 0.3) is 0 Å². The molecule has 0 fully saturated rings. The second kappa shape index (κ2) is 4.29. The fourth-order valence-corrected chi connectivity index (χ4v) is 3.06. The summed E-state index contributed by atoms with van der Waals surface area (Å²) in [5.41, 5.74) is 12.8. The number of nitrogens with two attached hydrogens (primary N) is 1. The molecule has 2 aromatic rings. The molecule has 1 aromatic heterocycles. The van der Waals surface area contributed by atoms with Crippen molar-refractivity contribution in [2.75, 3.05) is 0 Å². The first-order valence-corrected chi connectivity index (χ1v) is 6.69. The third kappa shape index (κ3) is 1.87. The number of fused-ring (bicyclic) bond motifs is 1. The molecule has 1 aromatic carbocycles. The molecule has 1 heterocycles. The van der Waals surface area contributed by atoms with Crippen molar-refractivity contribution in [3.05, 3.63) is 52.8 Å². The van der Waals surface area contributed by atoms with E-state index in [-0.39, 0.29) is 6.04 Å². The number of hydrogen-bond acceptors (Lipinski definition) is 1. The molecule has 0 amide bonds. The molecule has 1 aliphatic carbocycles. The molecule has 2 nitrogen and oxygen atoms in total. The van der Waals surface area contributed by atoms with Gasteiger partial charge in [-0.1, -0.05) is 6.07 Å². The summed E-state index contributed by atoms with van der Waals surface area (Å²) in [6.45, 7) is 4.30. The van der Waals surface area contributed by atoms with Crippen LogP contribution < -0.4 is 5.73 Å². The first-order valence-electron chi connectivity index (χ1n) is 6.69. The van der Waals surface area contributed by atoms with Gasteiger partial charge < -0.3 is 10.3 Å². The van der Waals surface area contributed by atoms with Crippen LogP contribution in [-0.4, -0.2) is 4.57 Å². The molecule has 2 N–H and O–H groups in total. The van der Waals surface area contributed by atoms with Gasteiger partial charge in [-0.15, -0.1) is 0 Å². The lowest BCUT2D eigenvalue weighted by atomic mass is 9.93. The Morgan fingerprint density at radius 3 is 2.61 bits per heavy atom. The Balaban J connectivity index is 2.12. The van der Waals surface area contributed by atoms with Gasteiger partial charge in [0.15, 0.2) is 0 Å². The standard InChI is InChI=1S/C16H20N2/c1-11-8-12(2)10-13(9-11)18-7-6-14-15(17)4-3-5-16(14)18/h6-10,15H,3-5,17H2,1-2H3. The zero-order chi connectivity index (χ0) is 12.7. The second-order valence-corrected chi connectivity index (χ2v) is 5.43. The van der Waals surface area contributed by atoms with E-state index in [2.05, 4.69) is 48.9 Å². The highest BCUT2D eigenvalue weighted by Gasteiger charge is 2.20. The Morgan fingerprint density at radius 2 is 1.89 bits per heavy atom. The van der Waals surface area contributed by atoms with E-state index in [1.165, 1.54) is 34.5 Å². The summed E-state index contributed by atoms with van der Waals surface area (Å²) in [6, 6.07) is 9.11. The summed E-state index contributed by atoms with van der Waals surface area (Å²) in [7, 11) is 0. The Labute approximate surface area is 108 Å². The number of nitrogens with zero attached hydrogens (tertiary/aromatic N) is 1. The highest BCUT2D eigenvalue weighted by atomic mass is 15.0. The van der Waals surface area contributed by atoms with E-state index in [9.17, 15) is 0 Å². The SMILES string of the molecule is Cc1cc(C)cc(-n2ccc3c2CCCC3N)c1. The van der Waals surface area contributed by atoms with Crippen molar-refractivity contribution in [2.24, 2.45) is 5.73 Å². The molecule has 0 spiro atoms. The quantitative estimate of drug-likeness (QED) is 0.813. The van der Waals surface area contributed by atoms with Crippen LogP contribution in [0.4, 0.5) is 0 Å². The maximum absolute atomic E-state index is 6.18. The lowest BCUT2D eigenvalue weighted by Crippen LogP contribution is -2.17. The lowest BCUT2D eigenvalue weighted by molar-refractivity contribution is 0.560. The van der Waals surface area contributed by atoms with Crippen molar-refractivity contribution >= 4 is 0 Å². The highest BCUT2D eigenvalue weighted by Crippen LogP contribution is 2.30. The summed E-state index contributed by atoms with van der Waals surface area (Å²) in [5.74, 6) is 0. The van der Waals surface area contributed by atoms with E-state index in [4.69, 9.17) is 5.73 Å².